The molecule has 0 saturated heterocycles. The van der Waals surface area contributed by atoms with Gasteiger partial charge in [-0.2, -0.15) is 0 Å². The molecule has 1 aliphatic rings. The maximum Gasteiger partial charge on any atom is 0.192 e. The summed E-state index contributed by atoms with van der Waals surface area (Å²) in [5.74, 6) is 0. The van der Waals surface area contributed by atoms with E-state index < -0.39 is 8.32 Å². The fourth-order valence-electron chi connectivity index (χ4n) is 2.17. The maximum absolute atomic E-state index is 6.53. The van der Waals surface area contributed by atoms with Crippen LogP contribution in [0.25, 0.3) is 0 Å². The molecule has 0 bridgehead atoms. The molecule has 0 fully saturated rings. The highest BCUT2D eigenvalue weighted by atomic mass is 32.1. The van der Waals surface area contributed by atoms with E-state index in [1.807, 2.05) is 11.3 Å². The molecule has 0 saturated carbocycles. The summed E-state index contributed by atoms with van der Waals surface area (Å²) < 4.78 is 6.53. The van der Waals surface area contributed by atoms with Crippen molar-refractivity contribution in [2.24, 2.45) is 0 Å². The van der Waals surface area contributed by atoms with Crippen LogP contribution < -0.4 is 0 Å². The van der Waals surface area contributed by atoms with E-state index in [2.05, 4.69) is 45.8 Å². The first-order valence-electron chi connectivity index (χ1n) is 6.82. The molecule has 18 heavy (non-hydrogen) atoms. The average molecular weight is 284 g/mol. The molecule has 0 aliphatic heterocycles. The zero-order valence-corrected chi connectivity index (χ0v) is 14.3. The minimum Gasteiger partial charge on any atom is -0.414 e. The van der Waals surface area contributed by atoms with Crippen LogP contribution in [0.2, 0.25) is 18.1 Å². The van der Waals surface area contributed by atoms with Crippen LogP contribution in [0, 0.1) is 6.92 Å². The van der Waals surface area contributed by atoms with Crippen molar-refractivity contribution in [3.05, 3.63) is 15.6 Å². The summed E-state index contributed by atoms with van der Waals surface area (Å²) in [6.45, 7) is 13.7. The highest BCUT2D eigenvalue weighted by molar-refractivity contribution is 7.11. The van der Waals surface area contributed by atoms with Crippen molar-refractivity contribution in [1.29, 1.82) is 0 Å². The van der Waals surface area contributed by atoms with Gasteiger partial charge in [-0.1, -0.05) is 20.8 Å². The molecule has 1 heterocycles. The molecule has 2 rings (SSSR count). The van der Waals surface area contributed by atoms with Crippen LogP contribution in [-0.2, 0) is 17.3 Å². The average Bonchev–Trinajstić information content (AvgIpc) is 2.54. The summed E-state index contributed by atoms with van der Waals surface area (Å²) in [4.78, 5) is 6.07. The predicted molar refractivity (Wildman–Crippen MR) is 80.9 cm³/mol. The Labute approximate surface area is 116 Å². The van der Waals surface area contributed by atoms with E-state index in [-0.39, 0.29) is 0 Å². The molecule has 0 N–H and O–H groups in total. The zero-order valence-electron chi connectivity index (χ0n) is 12.5. The van der Waals surface area contributed by atoms with Gasteiger partial charge in [-0.05, 0) is 37.9 Å². The van der Waals surface area contributed by atoms with Crippen molar-refractivity contribution >= 4 is 19.7 Å². The largest absolute Gasteiger partial charge is 0.414 e. The lowest BCUT2D eigenvalue weighted by Crippen LogP contribution is -2.45. The van der Waals surface area contributed by atoms with Gasteiger partial charge in [-0.3, -0.25) is 0 Å². The van der Waals surface area contributed by atoms with Gasteiger partial charge >= 0.3 is 0 Å². The van der Waals surface area contributed by atoms with Crippen LogP contribution >= 0.6 is 11.3 Å². The van der Waals surface area contributed by atoms with Crippen molar-refractivity contribution in [2.45, 2.75) is 71.2 Å². The molecule has 1 aromatic heterocycles. The van der Waals surface area contributed by atoms with E-state index in [0.717, 1.165) is 19.3 Å². The summed E-state index contributed by atoms with van der Waals surface area (Å²) in [6.07, 6.45) is 3.73. The van der Waals surface area contributed by atoms with Gasteiger partial charge < -0.3 is 4.43 Å². The molecule has 0 aromatic carbocycles. The Kier molecular flexibility index (Phi) is 3.73. The van der Waals surface area contributed by atoms with Gasteiger partial charge in [0.05, 0.1) is 16.8 Å². The summed E-state index contributed by atoms with van der Waals surface area (Å²) >= 11 is 1.85. The van der Waals surface area contributed by atoms with E-state index in [4.69, 9.17) is 4.43 Å². The number of aryl methyl sites for hydroxylation is 2. The Bertz CT molecular complexity index is 433. The molecule has 2 nitrogen and oxygen atoms in total. The second-order valence-electron chi connectivity index (χ2n) is 6.85. The highest BCUT2D eigenvalue weighted by Crippen LogP contribution is 2.39. The number of nitrogens with zero attached hydrogens (tertiary/aromatic N) is 1. The Morgan fingerprint density at radius 3 is 2.61 bits per heavy atom. The van der Waals surface area contributed by atoms with Gasteiger partial charge in [0.15, 0.2) is 8.32 Å². The standard InChI is InChI=1S/C14H25NOSSi/c1-10-15-12-8-7-11(9-13(12)17-10)16-18(5,6)14(2,3)4/h11H,7-9H2,1-6H3. The van der Waals surface area contributed by atoms with Gasteiger partial charge in [0.1, 0.15) is 0 Å². The molecule has 0 amide bonds. The summed E-state index contributed by atoms with van der Waals surface area (Å²) in [5.41, 5.74) is 1.33. The lowest BCUT2D eigenvalue weighted by molar-refractivity contribution is 0.165. The first-order chi connectivity index (χ1) is 8.19. The zero-order chi connectivity index (χ0) is 13.6. The van der Waals surface area contributed by atoms with Crippen LogP contribution in [0.5, 0.6) is 0 Å². The number of fused-ring (bicyclic) bond motifs is 1. The second-order valence-corrected chi connectivity index (χ2v) is 12.9. The first kappa shape index (κ1) is 14.2. The number of hydrogen-bond acceptors (Lipinski definition) is 3. The monoisotopic (exact) mass is 283 g/mol. The topological polar surface area (TPSA) is 22.1 Å². The third-order valence-corrected chi connectivity index (χ3v) is 9.84. The Morgan fingerprint density at radius 2 is 2.00 bits per heavy atom. The number of hydrogen-bond donors (Lipinski definition) is 0. The number of thiazole rings is 1. The minimum absolute atomic E-state index is 0.302. The second kappa shape index (κ2) is 4.73. The molecule has 102 valence electrons. The molecule has 0 spiro atoms. The Balaban J connectivity index is 2.06. The first-order valence-corrected chi connectivity index (χ1v) is 10.5. The third-order valence-electron chi connectivity index (χ3n) is 4.27. The van der Waals surface area contributed by atoms with E-state index in [0.29, 0.717) is 11.1 Å². The molecule has 1 aromatic rings. The van der Waals surface area contributed by atoms with Crippen molar-refractivity contribution < 1.29 is 4.43 Å². The van der Waals surface area contributed by atoms with Crippen LogP contribution in [-0.4, -0.2) is 19.4 Å². The van der Waals surface area contributed by atoms with Crippen LogP contribution in [0.3, 0.4) is 0 Å². The van der Waals surface area contributed by atoms with Crippen molar-refractivity contribution in [3.8, 4) is 0 Å². The van der Waals surface area contributed by atoms with Crippen molar-refractivity contribution in [1.82, 2.24) is 4.98 Å². The van der Waals surface area contributed by atoms with E-state index in [1.54, 1.807) is 0 Å². The lowest BCUT2D eigenvalue weighted by atomic mass is 10.0. The number of rotatable bonds is 2. The highest BCUT2D eigenvalue weighted by Gasteiger charge is 2.39. The van der Waals surface area contributed by atoms with Gasteiger partial charge in [-0.15, -0.1) is 11.3 Å². The Morgan fingerprint density at radius 1 is 1.33 bits per heavy atom. The normalized spacial score (nSPS) is 20.9. The van der Waals surface area contributed by atoms with Gasteiger partial charge in [0, 0.05) is 11.3 Å². The van der Waals surface area contributed by atoms with Crippen LogP contribution in [0.4, 0.5) is 0 Å². The third kappa shape index (κ3) is 2.86. The fourth-order valence-corrected chi connectivity index (χ4v) is 4.60. The maximum atomic E-state index is 6.53. The smallest absolute Gasteiger partial charge is 0.192 e. The van der Waals surface area contributed by atoms with Crippen LogP contribution in [0.15, 0.2) is 0 Å². The molecule has 4 heteroatoms. The van der Waals surface area contributed by atoms with Crippen LogP contribution in [0.1, 0.15) is 42.8 Å². The van der Waals surface area contributed by atoms with E-state index in [9.17, 15) is 0 Å². The van der Waals surface area contributed by atoms with Crippen molar-refractivity contribution in [3.63, 3.8) is 0 Å². The predicted octanol–water partition coefficient (Wildman–Crippen LogP) is 4.33. The lowest BCUT2D eigenvalue weighted by Gasteiger charge is -2.40. The summed E-state index contributed by atoms with van der Waals surface area (Å²) in [6, 6.07) is 0. The molecular formula is C14H25NOSSi. The van der Waals surface area contributed by atoms with E-state index >= 15 is 0 Å². The minimum atomic E-state index is -1.62. The SMILES string of the molecule is Cc1nc2c(s1)CC(O[Si](C)(C)C(C)(C)C)CC2. The molecule has 1 aliphatic carbocycles. The molecular weight excluding hydrogens is 258 g/mol. The molecule has 1 unspecified atom stereocenters. The van der Waals surface area contributed by atoms with Gasteiger partial charge in [0.25, 0.3) is 0 Å². The Hall–Kier alpha value is -0.193. The summed E-state index contributed by atoms with van der Waals surface area (Å²) in [5, 5.41) is 1.50. The molecule has 1 atom stereocenters. The van der Waals surface area contributed by atoms with Gasteiger partial charge in [0.2, 0.25) is 0 Å². The quantitative estimate of drug-likeness (QED) is 0.754. The fraction of sp³-hybridized carbons (Fsp3) is 0.786. The summed E-state index contributed by atoms with van der Waals surface area (Å²) in [7, 11) is -1.62. The van der Waals surface area contributed by atoms with E-state index in [1.165, 1.54) is 15.6 Å². The van der Waals surface area contributed by atoms with Crippen molar-refractivity contribution in [2.75, 3.05) is 0 Å². The number of aromatic nitrogens is 1. The molecule has 0 radical (unpaired) electrons. The van der Waals surface area contributed by atoms with Gasteiger partial charge in [-0.25, -0.2) is 4.98 Å².